The number of aromatic amines is 1. The molecule has 5 rings (SSSR count). The summed E-state index contributed by atoms with van der Waals surface area (Å²) in [5.41, 5.74) is 2.90. The standard InChI is InChI=1S/C22H26ClFN4O2/c23-17-13-15(1-2-18(17)24)14-27-7-5-22(6-8-27)4-3-16-19(22)25-21(26-20(16)29)28-9-11-30-12-10-28/h1-2,13H,3-12,14H2,(H,25,26,29). The number of benzene rings is 1. The lowest BCUT2D eigenvalue weighted by molar-refractivity contribution is 0.122. The van der Waals surface area contributed by atoms with Crippen LogP contribution in [-0.2, 0) is 23.1 Å². The molecule has 0 unspecified atom stereocenters. The first-order chi connectivity index (χ1) is 14.5. The molecule has 3 aliphatic rings. The van der Waals surface area contributed by atoms with Gasteiger partial charge in [-0.2, -0.15) is 0 Å². The molecule has 0 radical (unpaired) electrons. The summed E-state index contributed by atoms with van der Waals surface area (Å²) in [7, 11) is 0. The molecule has 0 saturated carbocycles. The molecule has 0 amide bonds. The van der Waals surface area contributed by atoms with E-state index in [1.54, 1.807) is 12.1 Å². The summed E-state index contributed by atoms with van der Waals surface area (Å²) in [5, 5.41) is 0.171. The number of ether oxygens (including phenoxy) is 1. The molecule has 2 fully saturated rings. The average molecular weight is 433 g/mol. The molecule has 2 aromatic rings. The average Bonchev–Trinajstić information content (AvgIpc) is 3.12. The van der Waals surface area contributed by atoms with Gasteiger partial charge in [0.25, 0.3) is 5.56 Å². The Balaban J connectivity index is 1.33. The second-order valence-corrected chi connectivity index (χ2v) is 9.03. The van der Waals surface area contributed by atoms with Gasteiger partial charge in [0.1, 0.15) is 5.82 Å². The molecule has 8 heteroatoms. The molecule has 1 aliphatic carbocycles. The van der Waals surface area contributed by atoms with Crippen LogP contribution in [-0.4, -0.2) is 54.3 Å². The van der Waals surface area contributed by atoms with Crippen molar-refractivity contribution < 1.29 is 9.13 Å². The van der Waals surface area contributed by atoms with Crippen LogP contribution < -0.4 is 10.5 Å². The molecule has 6 nitrogen and oxygen atoms in total. The van der Waals surface area contributed by atoms with Gasteiger partial charge in [0, 0.05) is 30.6 Å². The van der Waals surface area contributed by atoms with E-state index < -0.39 is 0 Å². The summed E-state index contributed by atoms with van der Waals surface area (Å²) in [6.07, 6.45) is 3.75. The minimum atomic E-state index is -0.382. The van der Waals surface area contributed by atoms with Gasteiger partial charge in [-0.15, -0.1) is 0 Å². The maximum absolute atomic E-state index is 13.4. The molecule has 1 N–H and O–H groups in total. The van der Waals surface area contributed by atoms with Crippen LogP contribution in [0.3, 0.4) is 0 Å². The third kappa shape index (κ3) is 3.63. The number of likely N-dealkylation sites (tertiary alicyclic amines) is 1. The highest BCUT2D eigenvalue weighted by Crippen LogP contribution is 2.44. The summed E-state index contributed by atoms with van der Waals surface area (Å²) in [4.78, 5) is 25.2. The lowest BCUT2D eigenvalue weighted by Gasteiger charge is -2.39. The van der Waals surface area contributed by atoms with Gasteiger partial charge in [-0.1, -0.05) is 17.7 Å². The first kappa shape index (κ1) is 20.0. The molecular weight excluding hydrogens is 407 g/mol. The van der Waals surface area contributed by atoms with Crippen LogP contribution in [0, 0.1) is 5.82 Å². The molecule has 0 atom stereocenters. The monoisotopic (exact) mass is 432 g/mol. The highest BCUT2D eigenvalue weighted by atomic mass is 35.5. The number of hydrogen-bond donors (Lipinski definition) is 1. The third-order valence-corrected chi connectivity index (χ3v) is 7.16. The van der Waals surface area contributed by atoms with Gasteiger partial charge < -0.3 is 9.64 Å². The van der Waals surface area contributed by atoms with Crippen molar-refractivity contribution in [2.75, 3.05) is 44.3 Å². The zero-order valence-corrected chi connectivity index (χ0v) is 17.7. The molecule has 2 aliphatic heterocycles. The minimum absolute atomic E-state index is 0.0123. The van der Waals surface area contributed by atoms with Crippen molar-refractivity contribution in [1.82, 2.24) is 14.9 Å². The zero-order chi connectivity index (χ0) is 20.7. The van der Waals surface area contributed by atoms with Crippen LogP contribution >= 0.6 is 11.6 Å². The van der Waals surface area contributed by atoms with Gasteiger partial charge in [0.05, 0.1) is 23.9 Å². The first-order valence-corrected chi connectivity index (χ1v) is 11.0. The van der Waals surface area contributed by atoms with Crippen LogP contribution in [0.2, 0.25) is 5.02 Å². The number of rotatable bonds is 3. The van der Waals surface area contributed by atoms with Gasteiger partial charge in [-0.3, -0.25) is 14.7 Å². The second kappa shape index (κ2) is 7.94. The topological polar surface area (TPSA) is 61.5 Å². The SMILES string of the molecule is O=c1[nH]c(N2CCOCC2)nc2c1CCC21CCN(Cc2ccc(F)c(Cl)c2)CC1. The number of nitrogens with zero attached hydrogens (tertiary/aromatic N) is 3. The van der Waals surface area contributed by atoms with E-state index in [1.807, 2.05) is 0 Å². The number of aromatic nitrogens is 2. The summed E-state index contributed by atoms with van der Waals surface area (Å²) < 4.78 is 18.9. The Bertz CT molecular complexity index is 997. The Morgan fingerprint density at radius 1 is 1.17 bits per heavy atom. The molecular formula is C22H26ClFN4O2. The lowest BCUT2D eigenvalue weighted by atomic mass is 9.76. The van der Waals surface area contributed by atoms with Crippen LogP contribution in [0.5, 0.6) is 0 Å². The lowest BCUT2D eigenvalue weighted by Crippen LogP contribution is -2.43. The van der Waals surface area contributed by atoms with E-state index in [-0.39, 0.29) is 21.8 Å². The summed E-state index contributed by atoms with van der Waals surface area (Å²) >= 11 is 5.93. The molecule has 160 valence electrons. The first-order valence-electron chi connectivity index (χ1n) is 10.7. The van der Waals surface area contributed by atoms with E-state index in [9.17, 15) is 9.18 Å². The Morgan fingerprint density at radius 2 is 1.93 bits per heavy atom. The van der Waals surface area contributed by atoms with Gasteiger partial charge in [-0.05, 0) is 56.5 Å². The Kier molecular flexibility index (Phi) is 5.29. The normalized spacial score (nSPS) is 21.2. The fraction of sp³-hybridized carbons (Fsp3) is 0.545. The summed E-state index contributed by atoms with van der Waals surface area (Å²) in [6, 6.07) is 4.94. The predicted octanol–water partition coefficient (Wildman–Crippen LogP) is 2.88. The quantitative estimate of drug-likeness (QED) is 0.808. The summed E-state index contributed by atoms with van der Waals surface area (Å²) in [6.45, 7) is 5.43. The molecule has 1 spiro atoms. The number of hydrogen-bond acceptors (Lipinski definition) is 5. The number of morpholine rings is 1. The Morgan fingerprint density at radius 3 is 2.67 bits per heavy atom. The van der Waals surface area contributed by atoms with Crippen molar-refractivity contribution in [2.45, 2.75) is 37.6 Å². The van der Waals surface area contributed by atoms with Gasteiger partial charge >= 0.3 is 0 Å². The van der Waals surface area contributed by atoms with Crippen molar-refractivity contribution in [1.29, 1.82) is 0 Å². The highest BCUT2D eigenvalue weighted by Gasteiger charge is 2.44. The van der Waals surface area contributed by atoms with Gasteiger partial charge in [-0.25, -0.2) is 9.37 Å². The van der Waals surface area contributed by atoms with Crippen LogP contribution in [0.4, 0.5) is 10.3 Å². The molecule has 1 aromatic carbocycles. The van der Waals surface area contributed by atoms with Crippen LogP contribution in [0.25, 0.3) is 0 Å². The Hall–Kier alpha value is -1.96. The largest absolute Gasteiger partial charge is 0.378 e. The van der Waals surface area contributed by atoms with Crippen molar-refractivity contribution in [2.24, 2.45) is 0 Å². The third-order valence-electron chi connectivity index (χ3n) is 6.87. The number of fused-ring (bicyclic) bond motifs is 2. The fourth-order valence-electron chi connectivity index (χ4n) is 5.09. The van der Waals surface area contributed by atoms with Crippen LogP contribution in [0.15, 0.2) is 23.0 Å². The minimum Gasteiger partial charge on any atom is -0.378 e. The van der Waals surface area contributed by atoms with Gasteiger partial charge in [0.2, 0.25) is 5.95 Å². The van der Waals surface area contributed by atoms with Crippen LogP contribution in [0.1, 0.15) is 36.1 Å². The molecule has 3 heterocycles. The smallest absolute Gasteiger partial charge is 0.255 e. The van der Waals surface area contributed by atoms with Gasteiger partial charge in [0.15, 0.2) is 0 Å². The van der Waals surface area contributed by atoms with E-state index in [1.165, 1.54) is 6.07 Å². The number of nitrogens with one attached hydrogen (secondary N) is 1. The molecule has 1 aromatic heterocycles. The second-order valence-electron chi connectivity index (χ2n) is 8.62. The van der Waals surface area contributed by atoms with Crippen molar-refractivity contribution in [3.05, 3.63) is 56.2 Å². The number of piperidine rings is 1. The maximum atomic E-state index is 13.4. The highest BCUT2D eigenvalue weighted by molar-refractivity contribution is 6.30. The fourth-order valence-corrected chi connectivity index (χ4v) is 5.29. The van der Waals surface area contributed by atoms with E-state index in [4.69, 9.17) is 21.3 Å². The predicted molar refractivity (Wildman–Crippen MR) is 114 cm³/mol. The maximum Gasteiger partial charge on any atom is 0.255 e. The van der Waals surface area contributed by atoms with E-state index in [2.05, 4.69) is 14.8 Å². The van der Waals surface area contributed by atoms with Crippen molar-refractivity contribution in [3.8, 4) is 0 Å². The number of anilines is 1. The number of H-pyrrole nitrogens is 1. The van der Waals surface area contributed by atoms with E-state index in [0.29, 0.717) is 19.2 Å². The van der Waals surface area contributed by atoms with Crippen molar-refractivity contribution in [3.63, 3.8) is 0 Å². The van der Waals surface area contributed by atoms with Crippen molar-refractivity contribution >= 4 is 17.5 Å². The molecule has 0 bridgehead atoms. The van der Waals surface area contributed by atoms with E-state index in [0.717, 1.165) is 75.2 Å². The zero-order valence-electron chi connectivity index (χ0n) is 16.9. The summed E-state index contributed by atoms with van der Waals surface area (Å²) in [5.74, 6) is 0.305. The number of halogens is 2. The molecule has 30 heavy (non-hydrogen) atoms. The van der Waals surface area contributed by atoms with E-state index >= 15 is 0 Å². The Labute approximate surface area is 180 Å². The molecule has 2 saturated heterocycles.